The van der Waals surface area contributed by atoms with Crippen molar-refractivity contribution in [1.29, 1.82) is 0 Å². The Labute approximate surface area is 93.3 Å². The van der Waals surface area contributed by atoms with Crippen molar-refractivity contribution >= 4 is 70.4 Å². The summed E-state index contributed by atoms with van der Waals surface area (Å²) in [6.45, 7) is 4.14. The average Bonchev–Trinajstić information content (AvgIpc) is 1.75. The van der Waals surface area contributed by atoms with E-state index < -0.39 is 0 Å². The third-order valence-corrected chi connectivity index (χ3v) is 0. The molecule has 0 nitrogen and oxygen atoms in total. The molecule has 0 aliphatic heterocycles. The summed E-state index contributed by atoms with van der Waals surface area (Å²) in [6, 6.07) is 0. The van der Waals surface area contributed by atoms with Crippen molar-refractivity contribution in [3.05, 3.63) is 0 Å². The molecule has 0 aliphatic carbocycles. The van der Waals surface area contributed by atoms with Crippen molar-refractivity contribution in [2.45, 2.75) is 24.5 Å². The molecule has 0 amide bonds. The van der Waals surface area contributed by atoms with Gasteiger partial charge in [-0.05, 0) is 0 Å². The van der Waals surface area contributed by atoms with Crippen molar-refractivity contribution in [3.63, 3.8) is 0 Å². The zero-order chi connectivity index (χ0) is 7.41. The molecule has 0 aromatic carbocycles. The second-order valence-corrected chi connectivity index (χ2v) is 3.00. The summed E-state index contributed by atoms with van der Waals surface area (Å²) in [5.41, 5.74) is 0. The van der Waals surface area contributed by atoms with Gasteiger partial charge in [0.25, 0.3) is 0 Å². The zero-order valence-corrected chi connectivity index (χ0v) is 14.1. The molecule has 0 heterocycles. The molecule has 0 N–H and O–H groups in total. The quantitative estimate of drug-likeness (QED) is 0.384. The first-order chi connectivity index (χ1) is 3.83. The fraction of sp³-hybridized carbons (Fsp3) is 1.00. The van der Waals surface area contributed by atoms with Crippen molar-refractivity contribution in [2.24, 2.45) is 0 Å². The van der Waals surface area contributed by atoms with E-state index in [0.29, 0.717) is 0 Å². The van der Waals surface area contributed by atoms with Crippen LogP contribution in [0.15, 0.2) is 0 Å². The summed E-state index contributed by atoms with van der Waals surface area (Å²) >= 11 is 9.21. The molecule has 0 saturated carbocycles. The van der Waals surface area contributed by atoms with Crippen molar-refractivity contribution in [1.82, 2.24) is 0 Å². The summed E-state index contributed by atoms with van der Waals surface area (Å²) in [7, 11) is 0. The predicted molar refractivity (Wildman–Crippen MR) is 52.2 cm³/mol. The summed E-state index contributed by atoms with van der Waals surface area (Å²) in [5.74, 6) is 0. The van der Waals surface area contributed by atoms with Crippen LogP contribution in [-0.2, 0) is 0 Å². The molecule has 0 aromatic rings. The molecule has 8 heavy (non-hydrogen) atoms. The van der Waals surface area contributed by atoms with E-state index in [2.05, 4.69) is 64.0 Å². The monoisotopic (exact) mass is 460 g/mol. The van der Waals surface area contributed by atoms with Crippen LogP contribution < -0.4 is 0 Å². The number of hydrogen-bond acceptors (Lipinski definition) is 0. The van der Waals surface area contributed by atoms with E-state index in [4.69, 9.17) is 0 Å². The molecule has 48 valence electrons. The number of rotatable bonds is 0. The topological polar surface area (TPSA) is 0 Å². The van der Waals surface area contributed by atoms with Crippen LogP contribution in [0.25, 0.3) is 0 Å². The molecule has 0 aliphatic rings. The van der Waals surface area contributed by atoms with Gasteiger partial charge in [-0.2, -0.15) is 0 Å². The van der Waals surface area contributed by atoms with Crippen molar-refractivity contribution < 1.29 is 0 Å². The summed E-state index contributed by atoms with van der Waals surface area (Å²) in [6.07, 6.45) is 0. The minimum atomic E-state index is 1.12. The summed E-state index contributed by atoms with van der Waals surface area (Å²) in [4.78, 5) is 0. The van der Waals surface area contributed by atoms with E-state index >= 15 is 0 Å². The van der Waals surface area contributed by atoms with Gasteiger partial charge in [-0.15, -0.1) is 0 Å². The van der Waals surface area contributed by atoms with E-state index in [-0.39, 0.29) is 0 Å². The first kappa shape index (κ1) is 16.9. The third-order valence-electron chi connectivity index (χ3n) is 0. The third kappa shape index (κ3) is 72.4. The molecule has 0 bridgehead atoms. The van der Waals surface area contributed by atoms with Gasteiger partial charge in [0.1, 0.15) is 0 Å². The van der Waals surface area contributed by atoms with Gasteiger partial charge in [-0.3, -0.25) is 0 Å². The van der Waals surface area contributed by atoms with E-state index in [1.54, 1.807) is 0 Å². The molecule has 4 heteroatoms. The van der Waals surface area contributed by atoms with Crippen LogP contribution in [0.3, 0.4) is 0 Å². The second kappa shape index (κ2) is 33.4. The Kier molecular flexibility index (Phi) is 70.8. The van der Waals surface area contributed by atoms with E-state index in [0.717, 1.165) is 10.6 Å². The van der Waals surface area contributed by atoms with Crippen LogP contribution >= 0.6 is 18.1 Å². The molecular formula is C4H10IInSe2. The van der Waals surface area contributed by atoms with Gasteiger partial charge in [0, 0.05) is 0 Å². The fourth-order valence-electron chi connectivity index (χ4n) is 0. The van der Waals surface area contributed by atoms with Crippen LogP contribution in [0.4, 0.5) is 0 Å². The first-order valence-electron chi connectivity index (χ1n) is 2.21. The Balaban J connectivity index is -0.0000000483. The van der Waals surface area contributed by atoms with Gasteiger partial charge in [0.05, 0.1) is 0 Å². The second-order valence-electron chi connectivity index (χ2n) is 0.577. The predicted octanol–water partition coefficient (Wildman–Crippen LogP) is 1.69. The van der Waals surface area contributed by atoms with Crippen LogP contribution in [0, 0.1) is 0 Å². The number of halogens is 1. The van der Waals surface area contributed by atoms with Crippen LogP contribution in [-0.4, -0.2) is 52.2 Å². The molecule has 0 aromatic heterocycles. The SMILES string of the molecule is CC[Se].CC[Se].[In][I]. The van der Waals surface area contributed by atoms with E-state index in [1.165, 1.54) is 20.2 Å². The number of hydrogen-bond donors (Lipinski definition) is 0. The van der Waals surface area contributed by atoms with Crippen LogP contribution in [0.5, 0.6) is 0 Å². The van der Waals surface area contributed by atoms with Gasteiger partial charge >= 0.3 is 94.9 Å². The maximum absolute atomic E-state index is 2.81. The zero-order valence-electron chi connectivity index (χ0n) is 5.19. The van der Waals surface area contributed by atoms with Crippen molar-refractivity contribution in [3.8, 4) is 0 Å². The molecule has 0 atom stereocenters. The van der Waals surface area contributed by atoms with Gasteiger partial charge in [0.2, 0.25) is 0 Å². The molecule has 0 fully saturated rings. The van der Waals surface area contributed by atoms with E-state index in [1.807, 2.05) is 0 Å². The van der Waals surface area contributed by atoms with Gasteiger partial charge < -0.3 is 0 Å². The van der Waals surface area contributed by atoms with Gasteiger partial charge in [-0.25, -0.2) is 0 Å². The summed E-state index contributed by atoms with van der Waals surface area (Å²) in [5, 5.41) is 2.25. The molecular weight excluding hydrogens is 448 g/mol. The fourth-order valence-corrected chi connectivity index (χ4v) is 0. The van der Waals surface area contributed by atoms with Crippen LogP contribution in [0.1, 0.15) is 13.8 Å². The van der Waals surface area contributed by atoms with Crippen LogP contribution in [0.2, 0.25) is 10.6 Å². The Morgan fingerprint density at radius 3 is 1.12 bits per heavy atom. The Morgan fingerprint density at radius 1 is 1.12 bits per heavy atom. The van der Waals surface area contributed by atoms with Crippen molar-refractivity contribution in [2.75, 3.05) is 0 Å². The summed E-state index contributed by atoms with van der Waals surface area (Å²) < 4.78 is 0. The Hall–Kier alpha value is 2.64. The molecule has 4 radical (unpaired) electrons. The standard InChI is InChI=1S/2C2H5Se.HI.In/c2*1-2-3;;/h2*2H2,1H3;1H;/q;;;+1/p-1. The Morgan fingerprint density at radius 2 is 1.12 bits per heavy atom. The molecule has 0 spiro atoms. The average molecular weight is 458 g/mol. The first-order valence-corrected chi connectivity index (χ1v) is 14.2. The maximum atomic E-state index is 2.81. The molecule has 0 saturated heterocycles. The van der Waals surface area contributed by atoms with E-state index in [9.17, 15) is 0 Å². The molecule has 0 rings (SSSR count). The Bertz CT molecular complexity index is 16.0. The van der Waals surface area contributed by atoms with Gasteiger partial charge in [-0.1, -0.05) is 0 Å². The minimum absolute atomic E-state index is 1.12. The van der Waals surface area contributed by atoms with Gasteiger partial charge in [0.15, 0.2) is 0 Å². The molecule has 0 unspecified atom stereocenters. The normalized spacial score (nSPS) is 5.12.